The van der Waals surface area contributed by atoms with Gasteiger partial charge in [-0.2, -0.15) is 0 Å². The Morgan fingerprint density at radius 1 is 0.557 bits per heavy atom. The molecule has 0 fully saturated rings. The van der Waals surface area contributed by atoms with Crippen molar-refractivity contribution in [2.24, 2.45) is 0 Å². The van der Waals surface area contributed by atoms with Crippen LogP contribution >= 0.6 is 0 Å². The summed E-state index contributed by atoms with van der Waals surface area (Å²) in [4.78, 5) is 102. The van der Waals surface area contributed by atoms with E-state index in [9.17, 15) is 38.4 Å². The molecule has 1 aromatic heterocycles. The lowest BCUT2D eigenvalue weighted by molar-refractivity contribution is -0.170. The van der Waals surface area contributed by atoms with Crippen LogP contribution in [0.3, 0.4) is 0 Å². The van der Waals surface area contributed by atoms with Gasteiger partial charge in [-0.05, 0) is 18.2 Å². The van der Waals surface area contributed by atoms with Gasteiger partial charge in [-0.25, -0.2) is 4.98 Å². The van der Waals surface area contributed by atoms with Gasteiger partial charge in [0, 0.05) is 45.4 Å². The number of anilines is 1. The first kappa shape index (κ1) is 48.3. The Hall–Kier alpha value is -7.07. The molecule has 0 N–H and O–H groups in total. The first-order chi connectivity index (χ1) is 29.2. The van der Waals surface area contributed by atoms with E-state index in [-0.39, 0.29) is 43.7 Å². The first-order valence-electron chi connectivity index (χ1n) is 18.2. The topological polar surface area (TPSA) is 261 Å². The smallest absolute Gasteiger partial charge is 0.328 e. The van der Waals surface area contributed by atoms with Crippen LogP contribution in [0.5, 0.6) is 5.75 Å². The summed E-state index contributed by atoms with van der Waals surface area (Å²) in [6.45, 7) is -0.431. The summed E-state index contributed by atoms with van der Waals surface area (Å²) in [5.74, 6) is -5.41. The standard InChI is InChI=1S/C39H45N3O19/c1-26(43)53-22-57-35(47)18-41(19-36(48)58-23-54-27(2)44)12-13-51-14-15-52-33-16-31(39-40-17-34(61-39)30-8-6-5-7-9-30)10-11-32(33)42(20-37(49)59-24-55-28(3)45)21-38(50)60-25-56-29(4)46/h5-11,16-17H,12-15,18-25H2,1-4H3. The predicted octanol–water partition coefficient (Wildman–Crippen LogP) is 1.77. The fourth-order valence-electron chi connectivity index (χ4n) is 4.69. The lowest BCUT2D eigenvalue weighted by Crippen LogP contribution is -2.38. The van der Waals surface area contributed by atoms with Crippen molar-refractivity contribution in [3.8, 4) is 28.5 Å². The lowest BCUT2D eigenvalue weighted by Gasteiger charge is -2.25. The number of carbonyl (C=O) groups excluding carboxylic acids is 8. The van der Waals surface area contributed by atoms with E-state index in [0.29, 0.717) is 11.3 Å². The number of aromatic nitrogens is 1. The summed E-state index contributed by atoms with van der Waals surface area (Å²) >= 11 is 0. The first-order valence-corrected chi connectivity index (χ1v) is 18.2. The minimum Gasteiger partial charge on any atom is -0.489 e. The SMILES string of the molecule is CC(=O)OCOC(=O)CN(CCOCCOc1cc(-c2ncc(-c3ccccc3)o2)ccc1N(CC(=O)OCOC(C)=O)CC(=O)OCOC(C)=O)CC(=O)OCOC(C)=O. The second-order valence-corrected chi connectivity index (χ2v) is 12.2. The molecule has 0 radical (unpaired) electrons. The summed E-state index contributed by atoms with van der Waals surface area (Å²) in [5.41, 5.74) is 1.39. The summed E-state index contributed by atoms with van der Waals surface area (Å²) in [7, 11) is 0. The molecule has 330 valence electrons. The highest BCUT2D eigenvalue weighted by Gasteiger charge is 2.23. The quantitative estimate of drug-likeness (QED) is 0.0482. The van der Waals surface area contributed by atoms with E-state index in [1.807, 2.05) is 30.3 Å². The van der Waals surface area contributed by atoms with Gasteiger partial charge in [-0.1, -0.05) is 30.3 Å². The Morgan fingerprint density at radius 2 is 1.05 bits per heavy atom. The molecule has 0 aliphatic rings. The molecule has 3 rings (SSSR count). The van der Waals surface area contributed by atoms with Crippen molar-refractivity contribution in [3.63, 3.8) is 0 Å². The van der Waals surface area contributed by atoms with Crippen LogP contribution in [-0.2, 0) is 81.0 Å². The summed E-state index contributed by atoms with van der Waals surface area (Å²) < 4.78 is 56.1. The zero-order valence-corrected chi connectivity index (χ0v) is 33.8. The largest absolute Gasteiger partial charge is 0.489 e. The Labute approximate surface area is 348 Å². The maximum Gasteiger partial charge on any atom is 0.328 e. The third-order valence-corrected chi connectivity index (χ3v) is 7.42. The van der Waals surface area contributed by atoms with Gasteiger partial charge >= 0.3 is 47.8 Å². The van der Waals surface area contributed by atoms with Crippen molar-refractivity contribution >= 4 is 53.4 Å². The Balaban J connectivity index is 1.80. The molecular weight excluding hydrogens is 814 g/mol. The molecule has 1 heterocycles. The highest BCUT2D eigenvalue weighted by molar-refractivity contribution is 5.83. The van der Waals surface area contributed by atoms with Crippen LogP contribution in [0.1, 0.15) is 27.7 Å². The molecule has 22 nitrogen and oxygen atoms in total. The van der Waals surface area contributed by atoms with E-state index in [1.54, 1.807) is 18.3 Å². The lowest BCUT2D eigenvalue weighted by atomic mass is 10.1. The molecule has 3 aromatic rings. The van der Waals surface area contributed by atoms with Gasteiger partial charge in [0.25, 0.3) is 0 Å². The van der Waals surface area contributed by atoms with Crippen molar-refractivity contribution in [1.82, 2.24) is 9.88 Å². The molecule has 2 aromatic carbocycles. The zero-order chi connectivity index (χ0) is 44.6. The van der Waals surface area contributed by atoms with E-state index < -0.39 is 101 Å². The summed E-state index contributed by atoms with van der Waals surface area (Å²) in [5, 5.41) is 0. The van der Waals surface area contributed by atoms with E-state index in [1.165, 1.54) is 15.9 Å². The van der Waals surface area contributed by atoms with E-state index in [0.717, 1.165) is 33.3 Å². The van der Waals surface area contributed by atoms with Crippen LogP contribution in [0, 0.1) is 0 Å². The highest BCUT2D eigenvalue weighted by Crippen LogP contribution is 2.35. The van der Waals surface area contributed by atoms with Crippen molar-refractivity contribution in [2.75, 3.05) is 84.6 Å². The van der Waals surface area contributed by atoms with Crippen molar-refractivity contribution in [3.05, 3.63) is 54.7 Å². The zero-order valence-electron chi connectivity index (χ0n) is 33.8. The van der Waals surface area contributed by atoms with Gasteiger partial charge in [0.2, 0.25) is 33.1 Å². The summed E-state index contributed by atoms with van der Waals surface area (Å²) in [6, 6.07) is 13.9. The highest BCUT2D eigenvalue weighted by atomic mass is 16.7. The number of esters is 8. The van der Waals surface area contributed by atoms with Crippen LogP contribution < -0.4 is 9.64 Å². The molecule has 22 heteroatoms. The number of nitrogens with zero attached hydrogens (tertiary/aromatic N) is 3. The van der Waals surface area contributed by atoms with Gasteiger partial charge in [0.1, 0.15) is 25.4 Å². The Morgan fingerprint density at radius 3 is 1.54 bits per heavy atom. The van der Waals surface area contributed by atoms with Gasteiger partial charge in [-0.3, -0.25) is 43.3 Å². The van der Waals surface area contributed by atoms with E-state index in [4.69, 9.17) is 32.8 Å². The average molecular weight is 860 g/mol. The molecule has 0 atom stereocenters. The van der Waals surface area contributed by atoms with Crippen LogP contribution in [0.25, 0.3) is 22.8 Å². The molecule has 0 spiro atoms. The minimum atomic E-state index is -0.900. The molecule has 0 amide bonds. The third kappa shape index (κ3) is 19.5. The Kier molecular flexibility index (Phi) is 20.7. The number of rotatable bonds is 26. The number of ether oxygens (including phenoxy) is 10. The number of hydrogen-bond acceptors (Lipinski definition) is 22. The molecule has 0 saturated heterocycles. The van der Waals surface area contributed by atoms with E-state index >= 15 is 0 Å². The van der Waals surface area contributed by atoms with Gasteiger partial charge < -0.3 is 56.7 Å². The fourth-order valence-corrected chi connectivity index (χ4v) is 4.69. The van der Waals surface area contributed by atoms with Crippen LogP contribution in [0.4, 0.5) is 5.69 Å². The number of oxazole rings is 1. The normalized spacial score (nSPS) is 10.5. The predicted molar refractivity (Wildman–Crippen MR) is 203 cm³/mol. The molecular formula is C39H45N3O19. The number of benzene rings is 2. The molecule has 0 aliphatic carbocycles. The number of hydrogen-bond donors (Lipinski definition) is 0. The average Bonchev–Trinajstić information content (AvgIpc) is 3.69. The van der Waals surface area contributed by atoms with Crippen molar-refractivity contribution in [1.29, 1.82) is 0 Å². The second-order valence-electron chi connectivity index (χ2n) is 12.2. The van der Waals surface area contributed by atoms with Crippen molar-refractivity contribution in [2.45, 2.75) is 27.7 Å². The minimum absolute atomic E-state index is 0.0152. The molecule has 0 unspecified atom stereocenters. The van der Waals surface area contributed by atoms with Gasteiger partial charge in [0.15, 0.2) is 5.76 Å². The van der Waals surface area contributed by atoms with Crippen LogP contribution in [-0.4, -0.2) is 137 Å². The number of carbonyl (C=O) groups is 8. The molecule has 0 aliphatic heterocycles. The van der Waals surface area contributed by atoms with Gasteiger partial charge in [0.05, 0.1) is 38.2 Å². The van der Waals surface area contributed by atoms with E-state index in [2.05, 4.69) is 23.9 Å². The molecule has 61 heavy (non-hydrogen) atoms. The van der Waals surface area contributed by atoms with Crippen LogP contribution in [0.15, 0.2) is 59.1 Å². The second kappa shape index (κ2) is 26.1. The maximum atomic E-state index is 12.8. The monoisotopic (exact) mass is 859 g/mol. The molecule has 0 bridgehead atoms. The maximum absolute atomic E-state index is 12.8. The molecule has 0 saturated carbocycles. The summed E-state index contributed by atoms with van der Waals surface area (Å²) in [6.07, 6.45) is 1.54. The van der Waals surface area contributed by atoms with Crippen LogP contribution in [0.2, 0.25) is 0 Å². The van der Waals surface area contributed by atoms with Gasteiger partial charge in [-0.15, -0.1) is 0 Å². The fraction of sp³-hybridized carbons (Fsp3) is 0.410. The third-order valence-electron chi connectivity index (χ3n) is 7.42. The Bertz CT molecular complexity index is 1880. The van der Waals surface area contributed by atoms with Crippen molar-refractivity contribution < 1.29 is 90.1 Å².